The van der Waals surface area contributed by atoms with Gasteiger partial charge in [0.2, 0.25) is 0 Å². The number of anilines is 2. The van der Waals surface area contributed by atoms with E-state index >= 15 is 0 Å². The number of hydrogen-bond donors (Lipinski definition) is 0. The van der Waals surface area contributed by atoms with E-state index in [1.54, 1.807) is 0 Å². The van der Waals surface area contributed by atoms with Gasteiger partial charge in [-0.15, -0.1) is 0 Å². The minimum atomic E-state index is -0.288. The lowest BCUT2D eigenvalue weighted by Crippen LogP contribution is -2.52. The molecule has 3 nitrogen and oxygen atoms in total. The van der Waals surface area contributed by atoms with E-state index in [1.165, 1.54) is 149 Å². The lowest BCUT2D eigenvalue weighted by atomic mass is 9.40. The second-order valence-electron chi connectivity index (χ2n) is 24.0. The summed E-state index contributed by atoms with van der Waals surface area (Å²) in [4.78, 5) is 2.75. The molecule has 0 fully saturated rings. The largest absolute Gasteiger partial charge is 0.455 e. The van der Waals surface area contributed by atoms with Gasteiger partial charge in [0, 0.05) is 71.8 Å². The molecule has 6 aromatic carbocycles. The molecule has 4 heterocycles. The highest BCUT2D eigenvalue weighted by atomic mass is 16.3. The molecule has 0 bridgehead atoms. The van der Waals surface area contributed by atoms with Crippen molar-refractivity contribution < 1.29 is 4.42 Å². The highest BCUT2D eigenvalue weighted by molar-refractivity contribution is 6.86. The normalized spacial score (nSPS) is 20.0. The molecule has 65 heavy (non-hydrogen) atoms. The summed E-state index contributed by atoms with van der Waals surface area (Å²) in [6.07, 6.45) is 8.25. The third-order valence-electron chi connectivity index (χ3n) is 17.9. The van der Waals surface area contributed by atoms with Crippen molar-refractivity contribution in [1.82, 2.24) is 4.48 Å². The standard InChI is InChI=1S/C61H63BN2O/c1-12-13-17-35-22-25-48-40(30-35)38-19-16-20-39-51-52-49(33-41-37-18-14-15-21-50(37)65-55(41)51)63(36-23-24-43-45(31-36)58(4,5)27-26-57(43,2)3)54-42-32-46-47(60(8,9)29-28-59(46,6)7)34-44(42)61(10,11)56(54)62(52)64(48)53(38)39/h14-16,18-25,30-34H,12-13,17,26-29H2,1-11H3. The molecular weight excluding hydrogens is 787 g/mol. The van der Waals surface area contributed by atoms with Gasteiger partial charge in [-0.1, -0.05) is 137 Å². The van der Waals surface area contributed by atoms with Crippen LogP contribution >= 0.6 is 0 Å². The van der Waals surface area contributed by atoms with Crippen molar-refractivity contribution in [3.05, 3.63) is 141 Å². The van der Waals surface area contributed by atoms with Gasteiger partial charge in [-0.25, -0.2) is 0 Å². The number of hydrogen-bond acceptors (Lipinski definition) is 2. The Morgan fingerprint density at radius 2 is 1.26 bits per heavy atom. The molecule has 0 amide bonds. The van der Waals surface area contributed by atoms with Crippen molar-refractivity contribution in [2.24, 2.45) is 0 Å². The molecule has 0 atom stereocenters. The Hall–Kier alpha value is -5.48. The molecule has 0 spiro atoms. The van der Waals surface area contributed by atoms with Gasteiger partial charge < -0.3 is 13.8 Å². The Morgan fingerprint density at radius 3 is 2.00 bits per heavy atom. The first-order valence-corrected chi connectivity index (χ1v) is 24.9. The fraction of sp³-hybridized carbons (Fsp3) is 0.377. The molecule has 0 N–H and O–H groups in total. The van der Waals surface area contributed by atoms with Crippen molar-refractivity contribution in [3.8, 4) is 11.1 Å². The number of aryl methyl sites for hydroxylation is 1. The van der Waals surface area contributed by atoms with E-state index in [0.29, 0.717) is 0 Å². The zero-order chi connectivity index (χ0) is 44.9. The number of para-hydroxylation sites is 2. The van der Waals surface area contributed by atoms with E-state index in [4.69, 9.17) is 4.42 Å². The summed E-state index contributed by atoms with van der Waals surface area (Å²) in [6, 6.07) is 38.7. The Kier molecular flexibility index (Phi) is 7.78. The van der Waals surface area contributed by atoms with Gasteiger partial charge in [0.1, 0.15) is 11.2 Å². The summed E-state index contributed by atoms with van der Waals surface area (Å²) in [5, 5.41) is 5.07. The van der Waals surface area contributed by atoms with Crippen LogP contribution in [0.2, 0.25) is 0 Å². The quantitative estimate of drug-likeness (QED) is 0.165. The van der Waals surface area contributed by atoms with Gasteiger partial charge >= 0.3 is 6.85 Å². The van der Waals surface area contributed by atoms with Crippen LogP contribution in [0, 0.1) is 0 Å². The van der Waals surface area contributed by atoms with Crippen LogP contribution in [0.5, 0.6) is 0 Å². The highest BCUT2D eigenvalue weighted by Crippen LogP contribution is 2.60. The maximum absolute atomic E-state index is 7.17. The second-order valence-corrected chi connectivity index (χ2v) is 24.0. The first-order chi connectivity index (χ1) is 30.9. The predicted molar refractivity (Wildman–Crippen MR) is 277 cm³/mol. The summed E-state index contributed by atoms with van der Waals surface area (Å²) in [5.41, 5.74) is 24.3. The molecule has 326 valence electrons. The number of furan rings is 1. The predicted octanol–water partition coefficient (Wildman–Crippen LogP) is 15.9. The van der Waals surface area contributed by atoms with E-state index in [1.807, 2.05) is 0 Å². The number of allylic oxidation sites excluding steroid dienone is 1. The van der Waals surface area contributed by atoms with E-state index in [0.717, 1.165) is 17.6 Å². The van der Waals surface area contributed by atoms with Crippen LogP contribution in [0.1, 0.15) is 154 Å². The number of unbranched alkanes of at least 4 members (excludes halogenated alkanes) is 1. The molecule has 4 heteroatoms. The number of fused-ring (bicyclic) bond motifs is 14. The van der Waals surface area contributed by atoms with Crippen molar-refractivity contribution in [2.45, 2.75) is 148 Å². The fourth-order valence-electron chi connectivity index (χ4n) is 13.9. The topological polar surface area (TPSA) is 21.3 Å². The van der Waals surface area contributed by atoms with Crippen LogP contribution < -0.4 is 10.4 Å². The molecule has 2 aliphatic heterocycles. The van der Waals surface area contributed by atoms with E-state index in [2.05, 4.69) is 183 Å². The van der Waals surface area contributed by atoms with Crippen molar-refractivity contribution in [1.29, 1.82) is 0 Å². The van der Waals surface area contributed by atoms with E-state index in [9.17, 15) is 0 Å². The fourth-order valence-corrected chi connectivity index (χ4v) is 13.9. The number of aromatic nitrogens is 1. The van der Waals surface area contributed by atoms with E-state index in [-0.39, 0.29) is 33.9 Å². The molecule has 13 rings (SSSR count). The number of rotatable bonds is 4. The molecule has 3 aliphatic carbocycles. The lowest BCUT2D eigenvalue weighted by Gasteiger charge is -2.45. The molecule has 0 saturated heterocycles. The SMILES string of the molecule is CCCCc1ccc2c(c1)c1cccc3c1n2B1C2=C(c4cc5c(cc4C2(C)C)C(C)(C)CCC5(C)C)N(c2ccc4c(c2)C(C)(C)CCC4(C)C)c2cc4c(oc5ccccc54)c-3c21. The van der Waals surface area contributed by atoms with Gasteiger partial charge in [0.05, 0.1) is 0 Å². The summed E-state index contributed by atoms with van der Waals surface area (Å²) >= 11 is 0. The zero-order valence-electron chi connectivity index (χ0n) is 40.6. The molecule has 5 aliphatic rings. The summed E-state index contributed by atoms with van der Waals surface area (Å²) in [5.74, 6) is 0. The molecule has 2 aromatic heterocycles. The van der Waals surface area contributed by atoms with Gasteiger partial charge in [-0.2, -0.15) is 0 Å². The van der Waals surface area contributed by atoms with Crippen molar-refractivity contribution in [2.75, 3.05) is 4.90 Å². The third kappa shape index (κ3) is 5.10. The summed E-state index contributed by atoms with van der Waals surface area (Å²) in [6.45, 7) is 27.2. The van der Waals surface area contributed by atoms with Crippen LogP contribution in [0.4, 0.5) is 11.4 Å². The van der Waals surface area contributed by atoms with Gasteiger partial charge in [0.15, 0.2) is 0 Å². The Bertz CT molecular complexity index is 3470. The number of benzene rings is 6. The smallest absolute Gasteiger partial charge is 0.329 e. The van der Waals surface area contributed by atoms with E-state index < -0.39 is 0 Å². The number of nitrogens with zero attached hydrogens (tertiary/aromatic N) is 2. The first kappa shape index (κ1) is 39.9. The molecule has 0 saturated carbocycles. The Labute approximate surface area is 386 Å². The van der Waals surface area contributed by atoms with Crippen LogP contribution in [-0.4, -0.2) is 11.3 Å². The summed E-state index contributed by atoms with van der Waals surface area (Å²) < 4.78 is 9.95. The minimum absolute atomic E-state index is 0.0475. The zero-order valence-corrected chi connectivity index (χ0v) is 40.6. The molecule has 0 unspecified atom stereocenters. The van der Waals surface area contributed by atoms with Crippen LogP contribution in [0.3, 0.4) is 0 Å². The summed E-state index contributed by atoms with van der Waals surface area (Å²) in [7, 11) is 0. The molecule has 8 aromatic rings. The van der Waals surface area contributed by atoms with Gasteiger partial charge in [-0.3, -0.25) is 0 Å². The second kappa shape index (κ2) is 12.7. The maximum Gasteiger partial charge on any atom is 0.329 e. The van der Waals surface area contributed by atoms with Crippen LogP contribution in [-0.2, 0) is 33.5 Å². The average molecular weight is 851 g/mol. The highest BCUT2D eigenvalue weighted by Gasteiger charge is 2.55. The van der Waals surface area contributed by atoms with Crippen molar-refractivity contribution >= 4 is 73.1 Å². The Morgan fingerprint density at radius 1 is 0.585 bits per heavy atom. The third-order valence-corrected chi connectivity index (χ3v) is 17.9. The molecule has 0 radical (unpaired) electrons. The first-order valence-electron chi connectivity index (χ1n) is 24.9. The van der Waals surface area contributed by atoms with Crippen LogP contribution in [0.15, 0.2) is 107 Å². The van der Waals surface area contributed by atoms with Gasteiger partial charge in [0.25, 0.3) is 0 Å². The van der Waals surface area contributed by atoms with Crippen LogP contribution in [0.25, 0.3) is 60.6 Å². The minimum Gasteiger partial charge on any atom is -0.455 e. The average Bonchev–Trinajstić information content (AvgIpc) is 3.89. The van der Waals surface area contributed by atoms with Gasteiger partial charge in [-0.05, 0) is 147 Å². The maximum atomic E-state index is 7.17. The lowest BCUT2D eigenvalue weighted by molar-refractivity contribution is 0.331. The van der Waals surface area contributed by atoms with Crippen molar-refractivity contribution in [3.63, 3.8) is 0 Å². The molecular formula is C61H63BN2O. The monoisotopic (exact) mass is 851 g/mol. The Balaban J connectivity index is 1.22.